The summed E-state index contributed by atoms with van der Waals surface area (Å²) >= 11 is 3.42. The normalized spacial score (nSPS) is 10.1. The zero-order valence-corrected chi connectivity index (χ0v) is 10.5. The number of anilines is 3. The fourth-order valence-electron chi connectivity index (χ4n) is 1.32. The molecular weight excluding hydrogens is 266 g/mol. The number of halogens is 1. The predicted molar refractivity (Wildman–Crippen MR) is 70.8 cm³/mol. The SMILES string of the molecule is Cc1cnc(Nc2cccc(Br)c2)cc1N. The Bertz CT molecular complexity index is 511. The van der Waals surface area contributed by atoms with Crippen LogP contribution in [0.15, 0.2) is 41.0 Å². The zero-order valence-electron chi connectivity index (χ0n) is 8.87. The second-order valence-electron chi connectivity index (χ2n) is 3.56. The van der Waals surface area contributed by atoms with Crippen LogP contribution in [0.5, 0.6) is 0 Å². The van der Waals surface area contributed by atoms with Gasteiger partial charge in [0.25, 0.3) is 0 Å². The van der Waals surface area contributed by atoms with Crippen molar-refractivity contribution in [3.8, 4) is 0 Å². The van der Waals surface area contributed by atoms with E-state index in [-0.39, 0.29) is 0 Å². The number of hydrogen-bond donors (Lipinski definition) is 2. The number of nitrogen functional groups attached to an aromatic ring is 1. The average molecular weight is 278 g/mol. The molecule has 0 unspecified atom stereocenters. The zero-order chi connectivity index (χ0) is 11.5. The summed E-state index contributed by atoms with van der Waals surface area (Å²) in [6.07, 6.45) is 1.76. The van der Waals surface area contributed by atoms with Crippen LogP contribution in [0.4, 0.5) is 17.2 Å². The largest absolute Gasteiger partial charge is 0.398 e. The van der Waals surface area contributed by atoms with Crippen molar-refractivity contribution in [2.24, 2.45) is 0 Å². The molecule has 1 aromatic heterocycles. The Morgan fingerprint density at radius 2 is 2.12 bits per heavy atom. The lowest BCUT2D eigenvalue weighted by molar-refractivity contribution is 1.26. The van der Waals surface area contributed by atoms with Crippen LogP contribution in [0.1, 0.15) is 5.56 Å². The highest BCUT2D eigenvalue weighted by Gasteiger charge is 1.99. The van der Waals surface area contributed by atoms with Crippen LogP contribution in [0.2, 0.25) is 0 Å². The van der Waals surface area contributed by atoms with Gasteiger partial charge < -0.3 is 11.1 Å². The topological polar surface area (TPSA) is 50.9 Å². The third-order valence-corrected chi connectivity index (χ3v) is 2.74. The highest BCUT2D eigenvalue weighted by Crippen LogP contribution is 2.21. The standard InChI is InChI=1S/C12H12BrN3/c1-8-7-15-12(6-11(8)14)16-10-4-2-3-9(13)5-10/h2-7H,1H3,(H3,14,15,16). The second kappa shape index (κ2) is 4.53. The molecule has 0 spiro atoms. The molecule has 0 radical (unpaired) electrons. The van der Waals surface area contributed by atoms with Crippen molar-refractivity contribution < 1.29 is 0 Å². The Hall–Kier alpha value is -1.55. The van der Waals surface area contributed by atoms with E-state index in [1.54, 1.807) is 6.20 Å². The quantitative estimate of drug-likeness (QED) is 0.884. The van der Waals surface area contributed by atoms with Crippen molar-refractivity contribution in [3.05, 3.63) is 46.6 Å². The number of benzene rings is 1. The van der Waals surface area contributed by atoms with E-state index in [1.807, 2.05) is 37.3 Å². The number of aromatic nitrogens is 1. The number of nitrogens with two attached hydrogens (primary N) is 1. The summed E-state index contributed by atoms with van der Waals surface area (Å²) in [7, 11) is 0. The van der Waals surface area contributed by atoms with Crippen LogP contribution in [0, 0.1) is 6.92 Å². The van der Waals surface area contributed by atoms with E-state index in [0.717, 1.165) is 27.2 Å². The van der Waals surface area contributed by atoms with Gasteiger partial charge in [0.1, 0.15) is 5.82 Å². The maximum absolute atomic E-state index is 5.81. The maximum Gasteiger partial charge on any atom is 0.132 e. The smallest absolute Gasteiger partial charge is 0.132 e. The lowest BCUT2D eigenvalue weighted by atomic mass is 10.2. The van der Waals surface area contributed by atoms with Crippen LogP contribution in [0.25, 0.3) is 0 Å². The molecule has 1 heterocycles. The van der Waals surface area contributed by atoms with E-state index in [0.29, 0.717) is 0 Å². The number of rotatable bonds is 2. The average Bonchev–Trinajstić information content (AvgIpc) is 2.24. The second-order valence-corrected chi connectivity index (χ2v) is 4.48. The Morgan fingerprint density at radius 3 is 2.81 bits per heavy atom. The van der Waals surface area contributed by atoms with E-state index < -0.39 is 0 Å². The first-order chi connectivity index (χ1) is 7.65. The number of nitrogens with zero attached hydrogens (tertiary/aromatic N) is 1. The first kappa shape index (κ1) is 11.0. The molecule has 1 aromatic carbocycles. The number of aryl methyl sites for hydroxylation is 1. The van der Waals surface area contributed by atoms with Crippen LogP contribution in [-0.2, 0) is 0 Å². The molecule has 16 heavy (non-hydrogen) atoms. The summed E-state index contributed by atoms with van der Waals surface area (Å²) in [5.41, 5.74) is 8.52. The highest BCUT2D eigenvalue weighted by molar-refractivity contribution is 9.10. The fourth-order valence-corrected chi connectivity index (χ4v) is 1.72. The third-order valence-electron chi connectivity index (χ3n) is 2.24. The summed E-state index contributed by atoms with van der Waals surface area (Å²) in [4.78, 5) is 4.26. The summed E-state index contributed by atoms with van der Waals surface area (Å²) in [6, 6.07) is 9.72. The Balaban J connectivity index is 2.24. The van der Waals surface area contributed by atoms with Crippen molar-refractivity contribution in [2.45, 2.75) is 6.92 Å². The van der Waals surface area contributed by atoms with Crippen LogP contribution in [0.3, 0.4) is 0 Å². The molecule has 0 fully saturated rings. The summed E-state index contributed by atoms with van der Waals surface area (Å²) in [6.45, 7) is 1.94. The fraction of sp³-hybridized carbons (Fsp3) is 0.0833. The first-order valence-electron chi connectivity index (χ1n) is 4.90. The molecule has 4 heteroatoms. The molecule has 3 nitrogen and oxygen atoms in total. The van der Waals surface area contributed by atoms with Gasteiger partial charge in [-0.3, -0.25) is 0 Å². The van der Waals surface area contributed by atoms with Gasteiger partial charge in [-0.05, 0) is 30.7 Å². The molecule has 0 aliphatic carbocycles. The minimum Gasteiger partial charge on any atom is -0.398 e. The molecule has 0 aliphatic rings. The minimum absolute atomic E-state index is 0.743. The van der Waals surface area contributed by atoms with E-state index in [1.165, 1.54) is 0 Å². The Labute approximate surface area is 103 Å². The van der Waals surface area contributed by atoms with Crippen molar-refractivity contribution in [2.75, 3.05) is 11.1 Å². The van der Waals surface area contributed by atoms with Gasteiger partial charge in [0.15, 0.2) is 0 Å². The van der Waals surface area contributed by atoms with Gasteiger partial charge in [0.05, 0.1) is 0 Å². The third kappa shape index (κ3) is 2.52. The number of hydrogen-bond acceptors (Lipinski definition) is 3. The van der Waals surface area contributed by atoms with Crippen molar-refractivity contribution >= 4 is 33.1 Å². The van der Waals surface area contributed by atoms with E-state index >= 15 is 0 Å². The van der Waals surface area contributed by atoms with E-state index in [9.17, 15) is 0 Å². The molecule has 0 saturated carbocycles. The number of pyridine rings is 1. The van der Waals surface area contributed by atoms with Gasteiger partial charge in [0, 0.05) is 28.1 Å². The van der Waals surface area contributed by atoms with Crippen molar-refractivity contribution in [1.29, 1.82) is 0 Å². The molecular formula is C12H12BrN3. The summed E-state index contributed by atoms with van der Waals surface area (Å²) in [5, 5.41) is 3.19. The molecule has 0 saturated heterocycles. The Morgan fingerprint density at radius 1 is 1.31 bits per heavy atom. The van der Waals surface area contributed by atoms with Crippen molar-refractivity contribution in [1.82, 2.24) is 4.98 Å². The molecule has 82 valence electrons. The molecule has 2 rings (SSSR count). The monoisotopic (exact) mass is 277 g/mol. The molecule has 3 N–H and O–H groups in total. The predicted octanol–water partition coefficient (Wildman–Crippen LogP) is 3.48. The lowest BCUT2D eigenvalue weighted by Gasteiger charge is -2.07. The minimum atomic E-state index is 0.743. The van der Waals surface area contributed by atoms with Gasteiger partial charge >= 0.3 is 0 Å². The molecule has 0 bridgehead atoms. The van der Waals surface area contributed by atoms with Crippen LogP contribution < -0.4 is 11.1 Å². The molecule has 0 amide bonds. The van der Waals surface area contributed by atoms with E-state index in [2.05, 4.69) is 26.2 Å². The molecule has 0 aliphatic heterocycles. The summed E-state index contributed by atoms with van der Waals surface area (Å²) in [5.74, 6) is 0.751. The van der Waals surface area contributed by atoms with E-state index in [4.69, 9.17) is 5.73 Å². The molecule has 2 aromatic rings. The first-order valence-corrected chi connectivity index (χ1v) is 5.69. The number of nitrogens with one attached hydrogen (secondary N) is 1. The maximum atomic E-state index is 5.81. The van der Waals surface area contributed by atoms with Crippen LogP contribution >= 0.6 is 15.9 Å². The van der Waals surface area contributed by atoms with Gasteiger partial charge in [-0.25, -0.2) is 4.98 Å². The molecule has 0 atom stereocenters. The Kier molecular flexibility index (Phi) is 3.10. The lowest BCUT2D eigenvalue weighted by Crippen LogP contribution is -1.97. The van der Waals surface area contributed by atoms with Gasteiger partial charge in [-0.2, -0.15) is 0 Å². The summed E-state index contributed by atoms with van der Waals surface area (Å²) < 4.78 is 1.03. The van der Waals surface area contributed by atoms with Gasteiger partial charge in [-0.1, -0.05) is 22.0 Å². The van der Waals surface area contributed by atoms with Gasteiger partial charge in [-0.15, -0.1) is 0 Å². The van der Waals surface area contributed by atoms with Crippen LogP contribution in [-0.4, -0.2) is 4.98 Å². The van der Waals surface area contributed by atoms with Gasteiger partial charge in [0.2, 0.25) is 0 Å². The van der Waals surface area contributed by atoms with Crippen molar-refractivity contribution in [3.63, 3.8) is 0 Å². The highest BCUT2D eigenvalue weighted by atomic mass is 79.9.